The fourth-order valence-corrected chi connectivity index (χ4v) is 1.86. The summed E-state index contributed by atoms with van der Waals surface area (Å²) < 4.78 is 10.4. The minimum absolute atomic E-state index is 0.289. The second kappa shape index (κ2) is 7.89. The lowest BCUT2D eigenvalue weighted by atomic mass is 10.2. The van der Waals surface area contributed by atoms with Gasteiger partial charge in [-0.1, -0.05) is 0 Å². The molecule has 0 aromatic carbocycles. The normalized spacial score (nSPS) is 12.2. The van der Waals surface area contributed by atoms with Crippen LogP contribution in [0.2, 0.25) is 0 Å². The number of methoxy groups -OCH3 is 2. The van der Waals surface area contributed by atoms with E-state index in [1.165, 1.54) is 0 Å². The van der Waals surface area contributed by atoms with Gasteiger partial charge in [-0.2, -0.15) is 0 Å². The second-order valence-corrected chi connectivity index (χ2v) is 4.14. The summed E-state index contributed by atoms with van der Waals surface area (Å²) in [4.78, 5) is 6.49. The monoisotopic (exact) mass is 253 g/mol. The molecule has 1 unspecified atom stereocenters. The Hall–Kier alpha value is -1.33. The van der Waals surface area contributed by atoms with E-state index in [0.29, 0.717) is 13.2 Å². The zero-order valence-electron chi connectivity index (χ0n) is 11.6. The second-order valence-electron chi connectivity index (χ2n) is 4.14. The number of hydrogen-bond donors (Lipinski definition) is 1. The molecule has 1 rings (SSSR count). The highest BCUT2D eigenvalue weighted by atomic mass is 16.5. The van der Waals surface area contributed by atoms with Crippen LogP contribution in [0, 0.1) is 0 Å². The third-order valence-electron chi connectivity index (χ3n) is 2.81. The highest BCUT2D eigenvalue weighted by molar-refractivity contribution is 5.54. The van der Waals surface area contributed by atoms with Crippen molar-refractivity contribution in [2.24, 2.45) is 0 Å². The van der Waals surface area contributed by atoms with Crippen molar-refractivity contribution in [1.82, 2.24) is 4.98 Å². The van der Waals surface area contributed by atoms with Gasteiger partial charge in [-0.25, -0.2) is 4.98 Å². The molecule has 0 saturated heterocycles. The first kappa shape index (κ1) is 14.7. The minimum atomic E-state index is 0.289. The van der Waals surface area contributed by atoms with Crippen LogP contribution in [0.1, 0.15) is 6.92 Å². The quantitative estimate of drug-likeness (QED) is 0.762. The van der Waals surface area contributed by atoms with E-state index >= 15 is 0 Å². The summed E-state index contributed by atoms with van der Waals surface area (Å²) in [5.74, 6) is 0.861. The smallest absolute Gasteiger partial charge is 0.127 e. The van der Waals surface area contributed by atoms with E-state index in [-0.39, 0.29) is 6.04 Å². The maximum Gasteiger partial charge on any atom is 0.127 e. The molecule has 5 nitrogen and oxygen atoms in total. The van der Waals surface area contributed by atoms with Crippen molar-refractivity contribution in [3.8, 4) is 0 Å². The van der Waals surface area contributed by atoms with Crippen molar-refractivity contribution in [3.63, 3.8) is 0 Å². The molecule has 1 atom stereocenters. The van der Waals surface area contributed by atoms with Crippen LogP contribution < -0.4 is 10.2 Å². The van der Waals surface area contributed by atoms with E-state index in [1.54, 1.807) is 20.4 Å². The molecule has 0 bridgehead atoms. The van der Waals surface area contributed by atoms with Crippen molar-refractivity contribution in [2.45, 2.75) is 13.0 Å². The highest BCUT2D eigenvalue weighted by Gasteiger charge is 2.14. The number of nitrogens with one attached hydrogen (secondary N) is 1. The lowest BCUT2D eigenvalue weighted by Crippen LogP contribution is -2.38. The minimum Gasteiger partial charge on any atom is -0.383 e. The van der Waals surface area contributed by atoms with E-state index in [0.717, 1.165) is 18.1 Å². The zero-order chi connectivity index (χ0) is 13.4. The van der Waals surface area contributed by atoms with Crippen LogP contribution in [0.4, 0.5) is 11.5 Å². The molecule has 1 N–H and O–H groups in total. The third kappa shape index (κ3) is 4.16. The Kier molecular flexibility index (Phi) is 6.46. The van der Waals surface area contributed by atoms with Gasteiger partial charge in [-0.15, -0.1) is 0 Å². The molecule has 0 fully saturated rings. The lowest BCUT2D eigenvalue weighted by Gasteiger charge is -2.30. The molecular weight excluding hydrogens is 230 g/mol. The Morgan fingerprint density at radius 2 is 2.17 bits per heavy atom. The summed E-state index contributed by atoms with van der Waals surface area (Å²) in [6.45, 7) is 4.33. The maximum atomic E-state index is 5.23. The molecule has 0 saturated carbocycles. The highest BCUT2D eigenvalue weighted by Crippen LogP contribution is 2.19. The van der Waals surface area contributed by atoms with Gasteiger partial charge in [0.1, 0.15) is 5.82 Å². The Bertz CT molecular complexity index is 347. The number of rotatable bonds is 8. The van der Waals surface area contributed by atoms with Crippen LogP contribution in [0.25, 0.3) is 0 Å². The van der Waals surface area contributed by atoms with Crippen LogP contribution in [-0.2, 0) is 9.47 Å². The topological polar surface area (TPSA) is 46.6 Å². The van der Waals surface area contributed by atoms with E-state index in [1.807, 2.05) is 19.2 Å². The number of pyridine rings is 1. The number of nitrogens with zero attached hydrogens (tertiary/aromatic N) is 2. The van der Waals surface area contributed by atoms with Crippen LogP contribution in [0.3, 0.4) is 0 Å². The lowest BCUT2D eigenvalue weighted by molar-refractivity contribution is 0.171. The summed E-state index contributed by atoms with van der Waals surface area (Å²) in [6.07, 6.45) is 1.81. The molecule has 1 aromatic rings. The largest absolute Gasteiger partial charge is 0.383 e. The summed E-state index contributed by atoms with van der Waals surface area (Å²) >= 11 is 0. The van der Waals surface area contributed by atoms with E-state index in [9.17, 15) is 0 Å². The molecule has 102 valence electrons. The summed E-state index contributed by atoms with van der Waals surface area (Å²) in [5, 5.41) is 3.05. The van der Waals surface area contributed by atoms with E-state index in [2.05, 4.69) is 22.1 Å². The van der Waals surface area contributed by atoms with Crippen molar-refractivity contribution in [1.29, 1.82) is 0 Å². The van der Waals surface area contributed by atoms with E-state index in [4.69, 9.17) is 9.47 Å². The predicted octanol–water partition coefficient (Wildman–Crippen LogP) is 1.61. The van der Waals surface area contributed by atoms with Gasteiger partial charge < -0.3 is 19.7 Å². The Labute approximate surface area is 109 Å². The van der Waals surface area contributed by atoms with Crippen molar-refractivity contribution in [3.05, 3.63) is 18.3 Å². The van der Waals surface area contributed by atoms with Crippen molar-refractivity contribution >= 4 is 11.5 Å². The van der Waals surface area contributed by atoms with Gasteiger partial charge in [0.05, 0.1) is 13.2 Å². The molecule has 0 aliphatic rings. The van der Waals surface area contributed by atoms with Crippen LogP contribution >= 0.6 is 0 Å². The Morgan fingerprint density at radius 1 is 1.39 bits per heavy atom. The molecule has 0 aliphatic heterocycles. The van der Waals surface area contributed by atoms with Crippen LogP contribution in [0.5, 0.6) is 0 Å². The van der Waals surface area contributed by atoms with Crippen molar-refractivity contribution in [2.75, 3.05) is 51.2 Å². The van der Waals surface area contributed by atoms with Gasteiger partial charge in [0.15, 0.2) is 0 Å². The summed E-state index contributed by atoms with van der Waals surface area (Å²) in [5.41, 5.74) is 1.12. The van der Waals surface area contributed by atoms with Gasteiger partial charge in [-0.3, -0.25) is 0 Å². The number of ether oxygens (including phenoxy) is 2. The molecule has 0 spiro atoms. The average Bonchev–Trinajstić information content (AvgIpc) is 2.40. The fourth-order valence-electron chi connectivity index (χ4n) is 1.86. The third-order valence-corrected chi connectivity index (χ3v) is 2.81. The molecule has 5 heteroatoms. The first-order valence-corrected chi connectivity index (χ1v) is 6.11. The molecule has 0 radical (unpaired) electrons. The van der Waals surface area contributed by atoms with Gasteiger partial charge in [-0.05, 0) is 13.0 Å². The molecule has 1 heterocycles. The van der Waals surface area contributed by atoms with Crippen LogP contribution in [0.15, 0.2) is 18.3 Å². The Balaban J connectivity index is 2.85. The molecule has 1 aromatic heterocycles. The maximum absolute atomic E-state index is 5.23. The standard InChI is InChI=1S/C13H23N3O2/c1-11(10-18-4)16(7-8-17-3)12-5-6-15-13(9-12)14-2/h5-6,9,11H,7-8,10H2,1-4H3,(H,14,15). The fraction of sp³-hybridized carbons (Fsp3) is 0.615. The summed E-state index contributed by atoms with van der Waals surface area (Å²) in [6, 6.07) is 4.32. The zero-order valence-corrected chi connectivity index (χ0v) is 11.6. The average molecular weight is 253 g/mol. The number of aromatic nitrogens is 1. The summed E-state index contributed by atoms with van der Waals surface area (Å²) in [7, 11) is 5.30. The molecular formula is C13H23N3O2. The SMILES string of the molecule is CNc1cc(N(CCOC)C(C)COC)ccn1. The number of anilines is 2. The van der Waals surface area contributed by atoms with Gasteiger partial charge in [0.25, 0.3) is 0 Å². The predicted molar refractivity (Wildman–Crippen MR) is 74.3 cm³/mol. The Morgan fingerprint density at radius 3 is 2.78 bits per heavy atom. The van der Waals surface area contributed by atoms with Crippen molar-refractivity contribution < 1.29 is 9.47 Å². The molecule has 0 aliphatic carbocycles. The van der Waals surface area contributed by atoms with E-state index < -0.39 is 0 Å². The van der Waals surface area contributed by atoms with Crippen LogP contribution in [-0.4, -0.2) is 52.1 Å². The van der Waals surface area contributed by atoms with Gasteiger partial charge in [0.2, 0.25) is 0 Å². The first-order chi connectivity index (χ1) is 8.72. The van der Waals surface area contributed by atoms with Gasteiger partial charge >= 0.3 is 0 Å². The molecule has 0 amide bonds. The first-order valence-electron chi connectivity index (χ1n) is 6.11. The van der Waals surface area contributed by atoms with Gasteiger partial charge in [0, 0.05) is 51.8 Å². The number of hydrogen-bond acceptors (Lipinski definition) is 5. The molecule has 18 heavy (non-hydrogen) atoms.